The molecule has 2 aromatic heterocycles. The summed E-state index contributed by atoms with van der Waals surface area (Å²) >= 11 is 1.64. The topological polar surface area (TPSA) is 42.2 Å². The molecular formula is C13H15NO2S. The third-order valence-electron chi connectivity index (χ3n) is 2.40. The van der Waals surface area contributed by atoms with Crippen LogP contribution in [0.4, 0.5) is 0 Å². The number of hydrogen-bond acceptors (Lipinski definition) is 3. The highest BCUT2D eigenvalue weighted by molar-refractivity contribution is 7.08. The first-order valence-electron chi connectivity index (χ1n) is 5.67. The zero-order chi connectivity index (χ0) is 12.1. The maximum Gasteiger partial charge on any atom is 0.220 e. The number of carbonyl (C=O) groups is 1. The van der Waals surface area contributed by atoms with E-state index in [9.17, 15) is 4.79 Å². The SMILES string of the molecule is CCCC(=O)NCc1ccc(-c2ccsc2)o1. The van der Waals surface area contributed by atoms with Gasteiger partial charge < -0.3 is 9.73 Å². The van der Waals surface area contributed by atoms with E-state index in [1.165, 1.54) is 0 Å². The monoisotopic (exact) mass is 249 g/mol. The third-order valence-corrected chi connectivity index (χ3v) is 3.09. The smallest absolute Gasteiger partial charge is 0.220 e. The van der Waals surface area contributed by atoms with Gasteiger partial charge >= 0.3 is 0 Å². The third kappa shape index (κ3) is 3.20. The van der Waals surface area contributed by atoms with E-state index in [1.54, 1.807) is 11.3 Å². The fraction of sp³-hybridized carbons (Fsp3) is 0.308. The van der Waals surface area contributed by atoms with E-state index in [4.69, 9.17) is 4.42 Å². The van der Waals surface area contributed by atoms with Crippen LogP contribution in [0.15, 0.2) is 33.4 Å². The van der Waals surface area contributed by atoms with Crippen molar-refractivity contribution >= 4 is 17.2 Å². The predicted octanol–water partition coefficient (Wildman–Crippen LogP) is 3.42. The lowest BCUT2D eigenvalue weighted by molar-refractivity contribution is -0.121. The van der Waals surface area contributed by atoms with Crippen LogP contribution in [0, 0.1) is 0 Å². The second-order valence-electron chi connectivity index (χ2n) is 3.80. The van der Waals surface area contributed by atoms with Gasteiger partial charge in [-0.1, -0.05) is 6.92 Å². The largest absolute Gasteiger partial charge is 0.459 e. The average Bonchev–Trinajstić information content (AvgIpc) is 2.97. The summed E-state index contributed by atoms with van der Waals surface area (Å²) in [6.45, 7) is 2.45. The second kappa shape index (κ2) is 5.68. The first-order chi connectivity index (χ1) is 8.29. The Balaban J connectivity index is 1.93. The molecule has 0 radical (unpaired) electrons. The van der Waals surface area contributed by atoms with Gasteiger partial charge in [-0.3, -0.25) is 4.79 Å². The Kier molecular flexibility index (Phi) is 3.98. The highest BCUT2D eigenvalue weighted by Gasteiger charge is 2.06. The molecule has 90 valence electrons. The van der Waals surface area contributed by atoms with Gasteiger partial charge in [0.2, 0.25) is 5.91 Å². The minimum atomic E-state index is 0.0704. The summed E-state index contributed by atoms with van der Waals surface area (Å²) in [5, 5.41) is 6.88. The van der Waals surface area contributed by atoms with E-state index in [0.29, 0.717) is 13.0 Å². The molecule has 0 aliphatic heterocycles. The molecule has 0 aliphatic rings. The second-order valence-corrected chi connectivity index (χ2v) is 4.58. The number of thiophene rings is 1. The molecule has 2 heterocycles. The minimum absolute atomic E-state index is 0.0704. The Bertz CT molecular complexity index is 473. The molecule has 2 rings (SSSR count). The van der Waals surface area contributed by atoms with Gasteiger partial charge in [0.05, 0.1) is 6.54 Å². The van der Waals surface area contributed by atoms with Crippen molar-refractivity contribution in [2.45, 2.75) is 26.3 Å². The van der Waals surface area contributed by atoms with Gasteiger partial charge in [-0.25, -0.2) is 0 Å². The molecule has 0 atom stereocenters. The van der Waals surface area contributed by atoms with Crippen molar-refractivity contribution < 1.29 is 9.21 Å². The Hall–Kier alpha value is -1.55. The van der Waals surface area contributed by atoms with Gasteiger partial charge in [-0.15, -0.1) is 0 Å². The van der Waals surface area contributed by atoms with E-state index in [0.717, 1.165) is 23.5 Å². The molecule has 0 spiro atoms. The Morgan fingerprint density at radius 3 is 3.00 bits per heavy atom. The summed E-state index contributed by atoms with van der Waals surface area (Å²) in [5.41, 5.74) is 1.08. The number of furan rings is 1. The highest BCUT2D eigenvalue weighted by Crippen LogP contribution is 2.24. The standard InChI is InChI=1S/C13H15NO2S/c1-2-3-13(15)14-8-11-4-5-12(16-11)10-6-7-17-9-10/h4-7,9H,2-3,8H2,1H3,(H,14,15). The van der Waals surface area contributed by atoms with E-state index < -0.39 is 0 Å². The van der Waals surface area contributed by atoms with Crippen LogP contribution in [0.1, 0.15) is 25.5 Å². The normalized spacial score (nSPS) is 10.4. The summed E-state index contributed by atoms with van der Waals surface area (Å²) in [4.78, 5) is 11.3. The first kappa shape index (κ1) is 11.9. The molecule has 1 N–H and O–H groups in total. The molecule has 4 heteroatoms. The molecule has 0 aromatic carbocycles. The molecule has 0 saturated carbocycles. The fourth-order valence-corrected chi connectivity index (χ4v) is 2.18. The molecule has 3 nitrogen and oxygen atoms in total. The van der Waals surface area contributed by atoms with Gasteiger partial charge in [0.1, 0.15) is 11.5 Å². The Morgan fingerprint density at radius 1 is 1.41 bits per heavy atom. The zero-order valence-corrected chi connectivity index (χ0v) is 10.5. The average molecular weight is 249 g/mol. The van der Waals surface area contributed by atoms with Crippen molar-refractivity contribution in [3.05, 3.63) is 34.7 Å². The summed E-state index contributed by atoms with van der Waals surface area (Å²) in [6, 6.07) is 5.85. The van der Waals surface area contributed by atoms with E-state index in [-0.39, 0.29) is 5.91 Å². The number of nitrogens with one attached hydrogen (secondary N) is 1. The van der Waals surface area contributed by atoms with Crippen molar-refractivity contribution in [3.63, 3.8) is 0 Å². The van der Waals surface area contributed by atoms with Gasteiger partial charge in [0.15, 0.2) is 0 Å². The maximum atomic E-state index is 11.3. The van der Waals surface area contributed by atoms with Crippen molar-refractivity contribution in [1.82, 2.24) is 5.32 Å². The van der Waals surface area contributed by atoms with E-state index in [2.05, 4.69) is 5.32 Å². The molecule has 2 aromatic rings. The number of carbonyl (C=O) groups excluding carboxylic acids is 1. The zero-order valence-electron chi connectivity index (χ0n) is 9.73. The molecule has 0 fully saturated rings. The number of amides is 1. The van der Waals surface area contributed by atoms with Gasteiger partial charge in [-0.2, -0.15) is 11.3 Å². The lowest BCUT2D eigenvalue weighted by Crippen LogP contribution is -2.21. The summed E-state index contributed by atoms with van der Waals surface area (Å²) < 4.78 is 5.65. The van der Waals surface area contributed by atoms with Crippen LogP contribution < -0.4 is 5.32 Å². The minimum Gasteiger partial charge on any atom is -0.459 e. The molecule has 0 bridgehead atoms. The van der Waals surface area contributed by atoms with Crippen LogP contribution in [-0.2, 0) is 11.3 Å². The van der Waals surface area contributed by atoms with Crippen molar-refractivity contribution in [2.75, 3.05) is 0 Å². The van der Waals surface area contributed by atoms with Gasteiger partial charge in [0, 0.05) is 17.4 Å². The lowest BCUT2D eigenvalue weighted by atomic mass is 10.3. The number of hydrogen-bond donors (Lipinski definition) is 1. The van der Waals surface area contributed by atoms with Crippen LogP contribution in [-0.4, -0.2) is 5.91 Å². The van der Waals surface area contributed by atoms with Gasteiger partial charge in [0.25, 0.3) is 0 Å². The summed E-state index contributed by atoms with van der Waals surface area (Å²) in [6.07, 6.45) is 1.43. The number of rotatable bonds is 5. The Labute approximate surface area is 104 Å². The van der Waals surface area contributed by atoms with Crippen LogP contribution >= 0.6 is 11.3 Å². The molecule has 17 heavy (non-hydrogen) atoms. The molecule has 1 amide bonds. The lowest BCUT2D eigenvalue weighted by Gasteiger charge is -2.01. The summed E-state index contributed by atoms with van der Waals surface area (Å²) in [5.74, 6) is 1.71. The first-order valence-corrected chi connectivity index (χ1v) is 6.62. The van der Waals surface area contributed by atoms with E-state index >= 15 is 0 Å². The van der Waals surface area contributed by atoms with Crippen molar-refractivity contribution in [2.24, 2.45) is 0 Å². The Morgan fingerprint density at radius 2 is 2.29 bits per heavy atom. The predicted molar refractivity (Wildman–Crippen MR) is 68.8 cm³/mol. The van der Waals surface area contributed by atoms with Gasteiger partial charge in [-0.05, 0) is 30.0 Å². The maximum absolute atomic E-state index is 11.3. The van der Waals surface area contributed by atoms with Crippen molar-refractivity contribution in [1.29, 1.82) is 0 Å². The highest BCUT2D eigenvalue weighted by atomic mass is 32.1. The molecule has 0 saturated heterocycles. The summed E-state index contributed by atoms with van der Waals surface area (Å²) in [7, 11) is 0. The van der Waals surface area contributed by atoms with Crippen LogP contribution in [0.25, 0.3) is 11.3 Å². The quantitative estimate of drug-likeness (QED) is 0.882. The van der Waals surface area contributed by atoms with Crippen LogP contribution in [0.3, 0.4) is 0 Å². The van der Waals surface area contributed by atoms with E-state index in [1.807, 2.05) is 35.9 Å². The fourth-order valence-electron chi connectivity index (χ4n) is 1.53. The molecule has 0 unspecified atom stereocenters. The van der Waals surface area contributed by atoms with Crippen LogP contribution in [0.5, 0.6) is 0 Å². The van der Waals surface area contributed by atoms with Crippen LogP contribution in [0.2, 0.25) is 0 Å². The van der Waals surface area contributed by atoms with Crippen molar-refractivity contribution in [3.8, 4) is 11.3 Å². The molecular weight excluding hydrogens is 234 g/mol. The molecule has 0 aliphatic carbocycles.